The van der Waals surface area contributed by atoms with Crippen molar-refractivity contribution in [2.45, 2.75) is 6.61 Å². The minimum absolute atomic E-state index is 0.344. The molecule has 0 radical (unpaired) electrons. The molecule has 7 heteroatoms. The third-order valence-electron chi connectivity index (χ3n) is 3.42. The Morgan fingerprint density at radius 1 is 1.20 bits per heavy atom. The highest BCUT2D eigenvalue weighted by molar-refractivity contribution is 9.10. The van der Waals surface area contributed by atoms with E-state index in [0.29, 0.717) is 27.5 Å². The first-order valence-corrected chi connectivity index (χ1v) is 8.97. The Balaban J connectivity index is 1.85. The monoisotopic (exact) mass is 419 g/mol. The molecule has 2 aromatic rings. The fourth-order valence-corrected chi connectivity index (χ4v) is 3.52. The van der Waals surface area contributed by atoms with E-state index in [1.165, 1.54) is 0 Å². The molecule has 5 nitrogen and oxygen atoms in total. The summed E-state index contributed by atoms with van der Waals surface area (Å²) in [4.78, 5) is 23.3. The van der Waals surface area contributed by atoms with Crippen LogP contribution in [0.15, 0.2) is 51.8 Å². The van der Waals surface area contributed by atoms with Crippen molar-refractivity contribution in [3.63, 3.8) is 0 Å². The molecule has 0 bridgehead atoms. The minimum atomic E-state index is -0.394. The van der Waals surface area contributed by atoms with E-state index >= 15 is 0 Å². The van der Waals surface area contributed by atoms with Gasteiger partial charge in [0.15, 0.2) is 11.5 Å². The average Bonchev–Trinajstić information content (AvgIpc) is 2.91. The maximum atomic E-state index is 11.7. The van der Waals surface area contributed by atoms with Crippen molar-refractivity contribution in [1.82, 2.24) is 5.32 Å². The summed E-state index contributed by atoms with van der Waals surface area (Å²) in [5.41, 5.74) is 1.77. The number of benzene rings is 2. The van der Waals surface area contributed by atoms with Crippen LogP contribution in [0.2, 0.25) is 0 Å². The summed E-state index contributed by atoms with van der Waals surface area (Å²) in [6, 6.07) is 13.4. The summed E-state index contributed by atoms with van der Waals surface area (Å²) in [6.45, 7) is 0.406. The zero-order valence-corrected chi connectivity index (χ0v) is 15.6. The first-order chi connectivity index (χ1) is 12.1. The fraction of sp³-hybridized carbons (Fsp3) is 0.111. The van der Waals surface area contributed by atoms with Crippen LogP contribution < -0.4 is 14.8 Å². The number of hydrogen-bond acceptors (Lipinski definition) is 5. The highest BCUT2D eigenvalue weighted by atomic mass is 79.9. The van der Waals surface area contributed by atoms with E-state index in [1.807, 2.05) is 36.4 Å². The maximum Gasteiger partial charge on any atom is 0.290 e. The normalized spacial score (nSPS) is 15.4. The van der Waals surface area contributed by atoms with E-state index in [-0.39, 0.29) is 5.24 Å². The Bertz CT molecular complexity index is 852. The molecule has 1 aliphatic heterocycles. The minimum Gasteiger partial charge on any atom is -0.493 e. The first kappa shape index (κ1) is 17.6. The van der Waals surface area contributed by atoms with Crippen LogP contribution in [0.3, 0.4) is 0 Å². The van der Waals surface area contributed by atoms with Gasteiger partial charge in [-0.05, 0) is 57.0 Å². The largest absolute Gasteiger partial charge is 0.493 e. The number of amides is 2. The van der Waals surface area contributed by atoms with Gasteiger partial charge >= 0.3 is 0 Å². The fourth-order valence-electron chi connectivity index (χ4n) is 2.27. The zero-order valence-electron chi connectivity index (χ0n) is 13.2. The Morgan fingerprint density at radius 3 is 2.60 bits per heavy atom. The van der Waals surface area contributed by atoms with Crippen LogP contribution >= 0.6 is 27.7 Å². The number of carbonyl (C=O) groups is 2. The molecule has 1 N–H and O–H groups in total. The molecular weight excluding hydrogens is 406 g/mol. The molecule has 1 heterocycles. The molecule has 1 fully saturated rings. The van der Waals surface area contributed by atoms with Gasteiger partial charge in [0, 0.05) is 0 Å². The lowest BCUT2D eigenvalue weighted by Gasteiger charge is -2.13. The number of nitrogens with one attached hydrogen (secondary N) is 1. The van der Waals surface area contributed by atoms with Gasteiger partial charge in [-0.2, -0.15) is 0 Å². The number of thioether (sulfide) groups is 1. The van der Waals surface area contributed by atoms with E-state index in [2.05, 4.69) is 21.2 Å². The third kappa shape index (κ3) is 4.24. The maximum absolute atomic E-state index is 11.7. The summed E-state index contributed by atoms with van der Waals surface area (Å²) >= 11 is 4.35. The van der Waals surface area contributed by atoms with Crippen molar-refractivity contribution in [3.05, 3.63) is 63.0 Å². The van der Waals surface area contributed by atoms with Crippen LogP contribution in [0.4, 0.5) is 4.79 Å². The van der Waals surface area contributed by atoms with Gasteiger partial charge in [0.2, 0.25) is 0 Å². The summed E-state index contributed by atoms with van der Waals surface area (Å²) in [5, 5.41) is 1.86. The summed E-state index contributed by atoms with van der Waals surface area (Å²) in [6.07, 6.45) is 1.64. The van der Waals surface area contributed by atoms with Crippen molar-refractivity contribution in [1.29, 1.82) is 0 Å². The molecule has 0 atom stereocenters. The van der Waals surface area contributed by atoms with E-state index in [0.717, 1.165) is 22.9 Å². The second-order valence-corrected chi connectivity index (χ2v) is 7.03. The molecular formula is C18H14BrNO4S. The molecule has 128 valence electrons. The topological polar surface area (TPSA) is 64.6 Å². The summed E-state index contributed by atoms with van der Waals surface area (Å²) in [7, 11) is 1.55. The van der Waals surface area contributed by atoms with Crippen molar-refractivity contribution >= 4 is 44.9 Å². The first-order valence-electron chi connectivity index (χ1n) is 7.36. The van der Waals surface area contributed by atoms with Gasteiger partial charge in [-0.25, -0.2) is 0 Å². The number of rotatable bonds is 5. The van der Waals surface area contributed by atoms with Crippen LogP contribution in [0.1, 0.15) is 11.1 Å². The smallest absolute Gasteiger partial charge is 0.290 e. The number of methoxy groups -OCH3 is 1. The molecule has 3 rings (SSSR count). The molecule has 2 aromatic carbocycles. The summed E-state index contributed by atoms with van der Waals surface area (Å²) < 4.78 is 12.0. The lowest BCUT2D eigenvalue weighted by molar-refractivity contribution is -0.115. The van der Waals surface area contributed by atoms with E-state index < -0.39 is 5.91 Å². The average molecular weight is 420 g/mol. The Kier molecular flexibility index (Phi) is 5.45. The molecule has 0 unspecified atom stereocenters. The van der Waals surface area contributed by atoms with Crippen molar-refractivity contribution in [2.24, 2.45) is 0 Å². The van der Waals surface area contributed by atoms with E-state index in [9.17, 15) is 9.59 Å². The molecule has 0 saturated carbocycles. The molecule has 2 amide bonds. The Hall–Kier alpha value is -2.25. The van der Waals surface area contributed by atoms with Gasteiger partial charge in [0.05, 0.1) is 16.5 Å². The number of imide groups is 1. The van der Waals surface area contributed by atoms with Crippen LogP contribution in [-0.4, -0.2) is 18.3 Å². The van der Waals surface area contributed by atoms with Gasteiger partial charge in [-0.15, -0.1) is 0 Å². The van der Waals surface area contributed by atoms with Gasteiger partial charge in [0.25, 0.3) is 11.1 Å². The van der Waals surface area contributed by atoms with Gasteiger partial charge < -0.3 is 9.47 Å². The second kappa shape index (κ2) is 7.76. The molecule has 1 aliphatic rings. The van der Waals surface area contributed by atoms with Gasteiger partial charge in [-0.3, -0.25) is 14.9 Å². The molecule has 1 saturated heterocycles. The van der Waals surface area contributed by atoms with Crippen LogP contribution in [-0.2, 0) is 11.4 Å². The number of hydrogen-bond donors (Lipinski definition) is 1. The van der Waals surface area contributed by atoms with Crippen LogP contribution in [0.5, 0.6) is 11.5 Å². The Labute approximate surface area is 157 Å². The third-order valence-corrected chi connectivity index (χ3v) is 4.82. The SMILES string of the molecule is COc1cc(C=C2SC(=O)NC2=O)cc(Br)c1OCc1ccccc1. The van der Waals surface area contributed by atoms with Gasteiger partial charge in [-0.1, -0.05) is 30.3 Å². The van der Waals surface area contributed by atoms with Gasteiger partial charge in [0.1, 0.15) is 6.61 Å². The van der Waals surface area contributed by atoms with E-state index in [1.54, 1.807) is 19.3 Å². The predicted molar refractivity (Wildman–Crippen MR) is 101 cm³/mol. The van der Waals surface area contributed by atoms with Crippen molar-refractivity contribution in [2.75, 3.05) is 7.11 Å². The lowest BCUT2D eigenvalue weighted by atomic mass is 10.2. The predicted octanol–water partition coefficient (Wildman–Crippen LogP) is 4.36. The number of halogens is 1. The number of carbonyl (C=O) groups excluding carboxylic acids is 2. The molecule has 0 aliphatic carbocycles. The lowest BCUT2D eigenvalue weighted by Crippen LogP contribution is -2.17. The van der Waals surface area contributed by atoms with Crippen molar-refractivity contribution < 1.29 is 19.1 Å². The molecule has 25 heavy (non-hydrogen) atoms. The van der Waals surface area contributed by atoms with Crippen molar-refractivity contribution in [3.8, 4) is 11.5 Å². The molecule has 0 aromatic heterocycles. The highest BCUT2D eigenvalue weighted by Crippen LogP contribution is 2.38. The summed E-state index contributed by atoms with van der Waals surface area (Å²) in [5.74, 6) is 0.717. The second-order valence-electron chi connectivity index (χ2n) is 5.16. The van der Waals surface area contributed by atoms with Crippen LogP contribution in [0.25, 0.3) is 6.08 Å². The molecule has 0 spiro atoms. The Morgan fingerprint density at radius 2 is 1.96 bits per heavy atom. The quantitative estimate of drug-likeness (QED) is 0.729. The highest BCUT2D eigenvalue weighted by Gasteiger charge is 2.25. The van der Waals surface area contributed by atoms with Crippen LogP contribution in [0, 0.1) is 0 Å². The van der Waals surface area contributed by atoms with E-state index in [4.69, 9.17) is 9.47 Å². The zero-order chi connectivity index (χ0) is 17.8. The number of ether oxygens (including phenoxy) is 2. The standard InChI is InChI=1S/C18H14BrNO4S/c1-23-14-8-12(9-15-17(21)20-18(22)25-15)7-13(19)16(14)24-10-11-5-3-2-4-6-11/h2-9H,10H2,1H3,(H,20,21,22).